The largest absolute Gasteiger partial charge is 0.356 e. The van der Waals surface area contributed by atoms with Gasteiger partial charge in [-0.25, -0.2) is 13.8 Å². The molecule has 0 saturated carbocycles. The summed E-state index contributed by atoms with van der Waals surface area (Å²) in [6.45, 7) is 3.02. The summed E-state index contributed by atoms with van der Waals surface area (Å²) in [7, 11) is 5.25. The number of hydrogen-bond donors (Lipinski definition) is 2. The Morgan fingerprint density at radius 2 is 1.93 bits per heavy atom. The van der Waals surface area contributed by atoms with E-state index >= 15 is 0 Å². The summed E-state index contributed by atoms with van der Waals surface area (Å²) in [5, 5.41) is 7.40. The number of aryl methyl sites for hydroxylation is 1. The van der Waals surface area contributed by atoms with Crippen LogP contribution < -0.4 is 10.6 Å². The molecule has 1 aromatic heterocycles. The maximum atomic E-state index is 14.1. The van der Waals surface area contributed by atoms with Crippen molar-refractivity contribution >= 4 is 41.3 Å². The van der Waals surface area contributed by atoms with Crippen LogP contribution >= 0.6 is 35.3 Å². The Kier molecular flexibility index (Phi) is 10.1. The predicted molar refractivity (Wildman–Crippen MR) is 118 cm³/mol. The van der Waals surface area contributed by atoms with Gasteiger partial charge in [-0.15, -0.1) is 35.3 Å². The number of halogens is 3. The summed E-state index contributed by atoms with van der Waals surface area (Å²) in [6.07, 6.45) is 2.65. The average molecular weight is 509 g/mol. The number of benzene rings is 1. The van der Waals surface area contributed by atoms with Crippen LogP contribution in [0.3, 0.4) is 0 Å². The maximum Gasteiger partial charge on any atom is 0.191 e. The van der Waals surface area contributed by atoms with Crippen molar-refractivity contribution in [3.8, 4) is 0 Å². The predicted octanol–water partition coefficient (Wildman–Crippen LogP) is 3.36. The van der Waals surface area contributed by atoms with Gasteiger partial charge in [0.25, 0.3) is 0 Å². The van der Waals surface area contributed by atoms with Crippen LogP contribution in [0.2, 0.25) is 0 Å². The van der Waals surface area contributed by atoms with Gasteiger partial charge in [-0.3, -0.25) is 4.99 Å². The van der Waals surface area contributed by atoms with Crippen LogP contribution in [0.15, 0.2) is 29.4 Å². The molecule has 1 unspecified atom stereocenters. The molecule has 27 heavy (non-hydrogen) atoms. The molecule has 0 bridgehead atoms. The van der Waals surface area contributed by atoms with E-state index in [1.807, 2.05) is 13.1 Å². The minimum Gasteiger partial charge on any atom is -0.356 e. The number of likely N-dealkylation sites (N-methyl/N-ethyl adjacent to an activating group) is 1. The van der Waals surface area contributed by atoms with E-state index < -0.39 is 17.7 Å². The van der Waals surface area contributed by atoms with Gasteiger partial charge in [-0.05, 0) is 33.2 Å². The van der Waals surface area contributed by atoms with E-state index in [-0.39, 0.29) is 29.5 Å². The van der Waals surface area contributed by atoms with Crippen molar-refractivity contribution in [3.05, 3.63) is 51.5 Å². The zero-order valence-corrected chi connectivity index (χ0v) is 19.1. The Morgan fingerprint density at radius 3 is 2.44 bits per heavy atom. The average Bonchev–Trinajstić information content (AvgIpc) is 3.00. The molecule has 0 saturated heterocycles. The minimum atomic E-state index is -0.549. The Bertz CT molecular complexity index is 731. The second-order valence-electron chi connectivity index (χ2n) is 6.11. The molecule has 0 radical (unpaired) electrons. The number of nitrogens with zero attached hydrogens (tertiary/aromatic N) is 3. The molecule has 2 aromatic rings. The van der Waals surface area contributed by atoms with E-state index in [9.17, 15) is 8.78 Å². The number of aromatic nitrogens is 1. The zero-order chi connectivity index (χ0) is 19.1. The molecule has 0 aliphatic carbocycles. The van der Waals surface area contributed by atoms with Gasteiger partial charge in [0, 0.05) is 43.2 Å². The van der Waals surface area contributed by atoms with Gasteiger partial charge in [0.2, 0.25) is 0 Å². The van der Waals surface area contributed by atoms with Gasteiger partial charge in [-0.2, -0.15) is 0 Å². The molecule has 1 aromatic carbocycles. The molecule has 5 nitrogen and oxygen atoms in total. The summed E-state index contributed by atoms with van der Waals surface area (Å²) < 4.78 is 28.2. The van der Waals surface area contributed by atoms with E-state index in [1.54, 1.807) is 37.4 Å². The number of nitrogens with one attached hydrogen (secondary N) is 2. The Morgan fingerprint density at radius 1 is 1.26 bits per heavy atom. The van der Waals surface area contributed by atoms with E-state index in [4.69, 9.17) is 0 Å². The number of guanidine groups is 1. The van der Waals surface area contributed by atoms with E-state index in [1.165, 1.54) is 23.1 Å². The van der Waals surface area contributed by atoms with Crippen LogP contribution in [-0.2, 0) is 6.42 Å². The first kappa shape index (κ1) is 23.7. The summed E-state index contributed by atoms with van der Waals surface area (Å²) in [5.74, 6) is -0.512. The quantitative estimate of drug-likeness (QED) is 0.342. The van der Waals surface area contributed by atoms with E-state index in [0.717, 1.165) is 11.4 Å². The molecule has 2 rings (SSSR count). The standard InChI is InChI=1S/C18H25F2N5S.HI/c1-12-10-23-16(26-12)8-9-22-18(21-2)24-11-15(25(3)4)17-13(19)6-5-7-14(17)20;/h5-7,10,15H,8-9,11H2,1-4H3,(H2,21,22,24);1H. The lowest BCUT2D eigenvalue weighted by Gasteiger charge is -2.26. The highest BCUT2D eigenvalue weighted by atomic mass is 127. The smallest absolute Gasteiger partial charge is 0.191 e. The first-order valence-electron chi connectivity index (χ1n) is 8.38. The van der Waals surface area contributed by atoms with Crippen molar-refractivity contribution in [1.82, 2.24) is 20.5 Å². The lowest BCUT2D eigenvalue weighted by Crippen LogP contribution is -2.42. The Balaban J connectivity index is 0.00000364. The highest BCUT2D eigenvalue weighted by molar-refractivity contribution is 14.0. The van der Waals surface area contributed by atoms with Gasteiger partial charge in [-0.1, -0.05) is 6.07 Å². The van der Waals surface area contributed by atoms with Gasteiger partial charge >= 0.3 is 0 Å². The normalized spacial score (nSPS) is 12.6. The Labute approximate surface area is 180 Å². The molecule has 0 aliphatic heterocycles. The van der Waals surface area contributed by atoms with Crippen LogP contribution in [0.1, 0.15) is 21.5 Å². The molecule has 0 amide bonds. The molecule has 0 spiro atoms. The molecule has 0 fully saturated rings. The van der Waals surface area contributed by atoms with Crippen molar-refractivity contribution in [2.75, 3.05) is 34.2 Å². The first-order chi connectivity index (χ1) is 12.4. The van der Waals surface area contributed by atoms with Crippen LogP contribution in [0.4, 0.5) is 8.78 Å². The topological polar surface area (TPSA) is 52.6 Å². The molecule has 150 valence electrons. The SMILES string of the molecule is CN=C(NCCc1ncc(C)s1)NCC(c1c(F)cccc1F)N(C)C.I. The van der Waals surface area contributed by atoms with Crippen LogP contribution in [0.25, 0.3) is 0 Å². The zero-order valence-electron chi connectivity index (χ0n) is 15.9. The minimum absolute atomic E-state index is 0. The van der Waals surface area contributed by atoms with Gasteiger partial charge in [0.05, 0.1) is 11.0 Å². The molecular formula is C18H26F2IN5S. The fourth-order valence-electron chi connectivity index (χ4n) is 2.59. The third-order valence-corrected chi connectivity index (χ3v) is 4.92. The fourth-order valence-corrected chi connectivity index (χ4v) is 3.38. The first-order valence-corrected chi connectivity index (χ1v) is 9.20. The lowest BCUT2D eigenvalue weighted by atomic mass is 10.0. The van der Waals surface area contributed by atoms with Crippen molar-refractivity contribution < 1.29 is 8.78 Å². The molecule has 1 atom stereocenters. The fraction of sp³-hybridized carbons (Fsp3) is 0.444. The second kappa shape index (κ2) is 11.5. The van der Waals surface area contributed by atoms with Crippen molar-refractivity contribution in [2.24, 2.45) is 4.99 Å². The summed E-state index contributed by atoms with van der Waals surface area (Å²) in [5.41, 5.74) is 0.0544. The second-order valence-corrected chi connectivity index (χ2v) is 7.43. The number of thiazole rings is 1. The highest BCUT2D eigenvalue weighted by Crippen LogP contribution is 2.23. The highest BCUT2D eigenvalue weighted by Gasteiger charge is 2.22. The number of rotatable bonds is 7. The van der Waals surface area contributed by atoms with Gasteiger partial charge < -0.3 is 15.5 Å². The van der Waals surface area contributed by atoms with E-state index in [2.05, 4.69) is 20.6 Å². The summed E-state index contributed by atoms with van der Waals surface area (Å²) in [6, 6.07) is 3.46. The molecular weight excluding hydrogens is 483 g/mol. The molecule has 2 N–H and O–H groups in total. The summed E-state index contributed by atoms with van der Waals surface area (Å²) in [4.78, 5) is 11.5. The van der Waals surface area contributed by atoms with Crippen LogP contribution in [-0.4, -0.2) is 50.1 Å². The maximum absolute atomic E-state index is 14.1. The van der Waals surface area contributed by atoms with Crippen molar-refractivity contribution in [1.29, 1.82) is 0 Å². The van der Waals surface area contributed by atoms with Crippen LogP contribution in [0.5, 0.6) is 0 Å². The van der Waals surface area contributed by atoms with Gasteiger partial charge in [0.15, 0.2) is 5.96 Å². The van der Waals surface area contributed by atoms with E-state index in [0.29, 0.717) is 19.0 Å². The molecule has 1 heterocycles. The van der Waals surface area contributed by atoms with Crippen molar-refractivity contribution in [3.63, 3.8) is 0 Å². The third kappa shape index (κ3) is 6.96. The van der Waals surface area contributed by atoms with Gasteiger partial charge in [0.1, 0.15) is 11.6 Å². The number of hydrogen-bond acceptors (Lipinski definition) is 4. The molecule has 9 heteroatoms. The third-order valence-electron chi connectivity index (χ3n) is 3.94. The lowest BCUT2D eigenvalue weighted by molar-refractivity contribution is 0.282. The van der Waals surface area contributed by atoms with Crippen molar-refractivity contribution in [2.45, 2.75) is 19.4 Å². The summed E-state index contributed by atoms with van der Waals surface area (Å²) >= 11 is 1.67. The monoisotopic (exact) mass is 509 g/mol. The number of aliphatic imine (C=N–C) groups is 1. The van der Waals surface area contributed by atoms with Crippen LogP contribution in [0, 0.1) is 18.6 Å². The molecule has 0 aliphatic rings. The Hall–Kier alpha value is -1.33.